The molecule has 1 aromatic heterocycles. The van der Waals surface area contributed by atoms with E-state index in [2.05, 4.69) is 21.9 Å². The highest BCUT2D eigenvalue weighted by atomic mass is 16.5. The van der Waals surface area contributed by atoms with Crippen LogP contribution in [0, 0.1) is 5.92 Å². The van der Waals surface area contributed by atoms with Gasteiger partial charge in [0, 0.05) is 6.07 Å². The standard InChI is InChI=1S/C12H18N2O3/c1-9-2-5-12(8-15,6-3-9)13-11(16)10-4-7-17-14-10/h4,7,9,15H,2-3,5-6,8H2,1H3,(H,13,16). The lowest BCUT2D eigenvalue weighted by atomic mass is 9.77. The first-order chi connectivity index (χ1) is 8.15. The number of carbonyl (C=O) groups is 1. The summed E-state index contributed by atoms with van der Waals surface area (Å²) in [6.45, 7) is 2.17. The van der Waals surface area contributed by atoms with Crippen molar-refractivity contribution in [2.45, 2.75) is 38.1 Å². The number of hydrogen-bond donors (Lipinski definition) is 2. The number of aliphatic hydroxyl groups is 1. The molecule has 0 bridgehead atoms. The minimum Gasteiger partial charge on any atom is -0.394 e. The Balaban J connectivity index is 2.02. The zero-order chi connectivity index (χ0) is 12.3. The SMILES string of the molecule is CC1CCC(CO)(NC(=O)c2ccon2)CC1. The molecule has 1 fully saturated rings. The first-order valence-electron chi connectivity index (χ1n) is 5.99. The Labute approximate surface area is 100 Å². The van der Waals surface area contributed by atoms with Crippen molar-refractivity contribution in [1.29, 1.82) is 0 Å². The van der Waals surface area contributed by atoms with Crippen LogP contribution in [0.3, 0.4) is 0 Å². The van der Waals surface area contributed by atoms with E-state index in [-0.39, 0.29) is 18.2 Å². The van der Waals surface area contributed by atoms with E-state index in [0.29, 0.717) is 5.92 Å². The Bertz CT molecular complexity index is 367. The summed E-state index contributed by atoms with van der Waals surface area (Å²) in [6, 6.07) is 1.52. The van der Waals surface area contributed by atoms with Gasteiger partial charge in [0.05, 0.1) is 12.1 Å². The average Bonchev–Trinajstić information content (AvgIpc) is 2.86. The Hall–Kier alpha value is -1.36. The predicted molar refractivity (Wildman–Crippen MR) is 61.4 cm³/mol. The molecule has 0 unspecified atom stereocenters. The topological polar surface area (TPSA) is 75.4 Å². The molecule has 1 saturated carbocycles. The molecule has 1 amide bonds. The second-order valence-electron chi connectivity index (χ2n) is 4.96. The van der Waals surface area contributed by atoms with Crippen LogP contribution in [0.1, 0.15) is 43.1 Å². The number of aromatic nitrogens is 1. The fourth-order valence-electron chi connectivity index (χ4n) is 2.27. The molecule has 1 heterocycles. The fourth-order valence-corrected chi connectivity index (χ4v) is 2.27. The summed E-state index contributed by atoms with van der Waals surface area (Å²) in [6.07, 6.45) is 5.05. The molecular weight excluding hydrogens is 220 g/mol. The molecule has 0 saturated heterocycles. The van der Waals surface area contributed by atoms with Gasteiger partial charge in [-0.2, -0.15) is 0 Å². The molecule has 1 aromatic rings. The maximum Gasteiger partial charge on any atom is 0.273 e. The van der Waals surface area contributed by atoms with E-state index in [1.165, 1.54) is 12.3 Å². The zero-order valence-corrected chi connectivity index (χ0v) is 9.98. The number of carbonyl (C=O) groups excluding carboxylic acids is 1. The smallest absolute Gasteiger partial charge is 0.273 e. The Morgan fingerprint density at radius 3 is 2.88 bits per heavy atom. The molecule has 0 atom stereocenters. The molecule has 0 aliphatic heterocycles. The lowest BCUT2D eigenvalue weighted by Crippen LogP contribution is -2.53. The largest absolute Gasteiger partial charge is 0.394 e. The zero-order valence-electron chi connectivity index (χ0n) is 9.98. The summed E-state index contributed by atoms with van der Waals surface area (Å²) >= 11 is 0. The summed E-state index contributed by atoms with van der Waals surface area (Å²) in [7, 11) is 0. The van der Waals surface area contributed by atoms with E-state index in [4.69, 9.17) is 0 Å². The van der Waals surface area contributed by atoms with Crippen molar-refractivity contribution in [1.82, 2.24) is 10.5 Å². The van der Waals surface area contributed by atoms with Gasteiger partial charge >= 0.3 is 0 Å². The van der Waals surface area contributed by atoms with Gasteiger partial charge in [-0.15, -0.1) is 0 Å². The highest BCUT2D eigenvalue weighted by Gasteiger charge is 2.35. The lowest BCUT2D eigenvalue weighted by Gasteiger charge is -2.38. The molecule has 17 heavy (non-hydrogen) atoms. The molecule has 5 nitrogen and oxygen atoms in total. The minimum atomic E-state index is -0.484. The normalized spacial score (nSPS) is 28.9. The number of nitrogens with one attached hydrogen (secondary N) is 1. The quantitative estimate of drug-likeness (QED) is 0.833. The van der Waals surface area contributed by atoms with Gasteiger partial charge in [0.1, 0.15) is 6.26 Å². The van der Waals surface area contributed by atoms with Crippen molar-refractivity contribution < 1.29 is 14.4 Å². The monoisotopic (exact) mass is 238 g/mol. The lowest BCUT2D eigenvalue weighted by molar-refractivity contribution is 0.0709. The second kappa shape index (κ2) is 4.87. The van der Waals surface area contributed by atoms with Crippen molar-refractivity contribution in [2.75, 3.05) is 6.61 Å². The molecular formula is C12H18N2O3. The van der Waals surface area contributed by atoms with Crippen LogP contribution in [0.5, 0.6) is 0 Å². The number of hydrogen-bond acceptors (Lipinski definition) is 4. The van der Waals surface area contributed by atoms with E-state index in [1.807, 2.05) is 0 Å². The van der Waals surface area contributed by atoms with Gasteiger partial charge < -0.3 is 14.9 Å². The van der Waals surface area contributed by atoms with Crippen molar-refractivity contribution in [3.05, 3.63) is 18.0 Å². The van der Waals surface area contributed by atoms with Crippen LogP contribution >= 0.6 is 0 Å². The van der Waals surface area contributed by atoms with E-state index < -0.39 is 5.54 Å². The van der Waals surface area contributed by atoms with Gasteiger partial charge in [0.2, 0.25) is 0 Å². The first kappa shape index (κ1) is 12.1. The minimum absolute atomic E-state index is 0.0245. The third kappa shape index (κ3) is 2.66. The molecule has 94 valence electrons. The maximum atomic E-state index is 11.9. The summed E-state index contributed by atoms with van der Waals surface area (Å²) < 4.78 is 4.64. The number of amides is 1. The van der Waals surface area contributed by atoms with E-state index in [1.54, 1.807) is 0 Å². The highest BCUT2D eigenvalue weighted by Crippen LogP contribution is 2.31. The highest BCUT2D eigenvalue weighted by molar-refractivity contribution is 5.92. The molecule has 1 aliphatic rings. The van der Waals surface area contributed by atoms with Crippen molar-refractivity contribution >= 4 is 5.91 Å². The summed E-state index contributed by atoms with van der Waals surface area (Å²) in [5.41, 5.74) is -0.223. The third-order valence-electron chi connectivity index (χ3n) is 3.58. The van der Waals surface area contributed by atoms with E-state index >= 15 is 0 Å². The van der Waals surface area contributed by atoms with E-state index in [0.717, 1.165) is 25.7 Å². The molecule has 0 radical (unpaired) electrons. The summed E-state index contributed by atoms with van der Waals surface area (Å²) in [5, 5.41) is 16.0. The molecule has 0 spiro atoms. The molecule has 2 rings (SSSR count). The second-order valence-corrected chi connectivity index (χ2v) is 4.96. The van der Waals surface area contributed by atoms with Crippen LogP contribution in [-0.2, 0) is 0 Å². The Morgan fingerprint density at radius 2 is 2.35 bits per heavy atom. The van der Waals surface area contributed by atoms with Crippen LogP contribution in [0.25, 0.3) is 0 Å². The van der Waals surface area contributed by atoms with Crippen molar-refractivity contribution in [2.24, 2.45) is 5.92 Å². The van der Waals surface area contributed by atoms with Crippen LogP contribution in [-0.4, -0.2) is 28.3 Å². The summed E-state index contributed by atoms with van der Waals surface area (Å²) in [5.74, 6) is 0.390. The van der Waals surface area contributed by atoms with Crippen molar-refractivity contribution in [3.63, 3.8) is 0 Å². The van der Waals surface area contributed by atoms with Gasteiger partial charge in [0.15, 0.2) is 5.69 Å². The van der Waals surface area contributed by atoms with E-state index in [9.17, 15) is 9.90 Å². The van der Waals surface area contributed by atoms with Crippen molar-refractivity contribution in [3.8, 4) is 0 Å². The van der Waals surface area contributed by atoms with Gasteiger partial charge in [-0.1, -0.05) is 12.1 Å². The molecule has 5 heteroatoms. The van der Waals surface area contributed by atoms with Gasteiger partial charge in [-0.25, -0.2) is 0 Å². The number of aliphatic hydroxyl groups excluding tert-OH is 1. The Morgan fingerprint density at radius 1 is 1.65 bits per heavy atom. The number of rotatable bonds is 3. The average molecular weight is 238 g/mol. The van der Waals surface area contributed by atoms with Gasteiger partial charge in [0.25, 0.3) is 5.91 Å². The maximum absolute atomic E-state index is 11.9. The summed E-state index contributed by atoms with van der Waals surface area (Å²) in [4.78, 5) is 11.9. The van der Waals surface area contributed by atoms with Gasteiger partial charge in [-0.3, -0.25) is 4.79 Å². The number of nitrogens with zero attached hydrogens (tertiary/aromatic N) is 1. The first-order valence-corrected chi connectivity index (χ1v) is 5.99. The van der Waals surface area contributed by atoms with Gasteiger partial charge in [-0.05, 0) is 31.6 Å². The fraction of sp³-hybridized carbons (Fsp3) is 0.667. The molecule has 2 N–H and O–H groups in total. The van der Waals surface area contributed by atoms with Crippen LogP contribution in [0.4, 0.5) is 0 Å². The molecule has 1 aliphatic carbocycles. The third-order valence-corrected chi connectivity index (χ3v) is 3.58. The van der Waals surface area contributed by atoms with Crippen LogP contribution < -0.4 is 5.32 Å². The van der Waals surface area contributed by atoms with Crippen LogP contribution in [0.15, 0.2) is 16.9 Å². The predicted octanol–water partition coefficient (Wildman–Crippen LogP) is 1.35. The Kier molecular flexibility index (Phi) is 3.47. The molecule has 0 aromatic carbocycles. The van der Waals surface area contributed by atoms with Crippen LogP contribution in [0.2, 0.25) is 0 Å².